The fourth-order valence-corrected chi connectivity index (χ4v) is 2.13. The van der Waals surface area contributed by atoms with Crippen LogP contribution in [0.3, 0.4) is 0 Å². The number of aliphatic hydroxyl groups is 3. The molecule has 0 radical (unpaired) electrons. The number of aromatic nitrogens is 4. The van der Waals surface area contributed by atoms with E-state index in [1.54, 1.807) is 0 Å². The van der Waals surface area contributed by atoms with Crippen molar-refractivity contribution in [3.8, 4) is 11.4 Å². The van der Waals surface area contributed by atoms with E-state index in [2.05, 4.69) is 15.1 Å². The number of hydrogen-bond acceptors (Lipinski definition) is 7. The maximum absolute atomic E-state index is 11.7. The third kappa shape index (κ3) is 1.83. The molecule has 4 atom stereocenters. The van der Waals surface area contributed by atoms with Crippen LogP contribution >= 0.6 is 0 Å². The molecule has 4 N–H and O–H groups in total. The van der Waals surface area contributed by atoms with Gasteiger partial charge in [0.2, 0.25) is 0 Å². The second kappa shape index (κ2) is 4.38. The predicted molar refractivity (Wildman–Crippen MR) is 60.3 cm³/mol. The second-order valence-electron chi connectivity index (χ2n) is 4.31. The molecule has 0 unspecified atom stereocenters. The molecule has 0 aliphatic carbocycles. The Labute approximate surface area is 106 Å². The SMILES string of the molecule is O=c1[nH]n([C@@H]2O[C@H](CO)[C@@H](O)[C@H]2O)cc2ncnc1-2. The van der Waals surface area contributed by atoms with E-state index in [0.717, 1.165) is 0 Å². The molecular formula is C10H12N4O5. The molecule has 102 valence electrons. The van der Waals surface area contributed by atoms with E-state index in [4.69, 9.17) is 9.84 Å². The van der Waals surface area contributed by atoms with Crippen molar-refractivity contribution < 1.29 is 20.1 Å². The Morgan fingerprint density at radius 3 is 2.84 bits per heavy atom. The van der Waals surface area contributed by atoms with Gasteiger partial charge in [-0.25, -0.2) is 9.97 Å². The smallest absolute Gasteiger partial charge is 0.290 e. The maximum atomic E-state index is 11.7. The molecule has 1 saturated heterocycles. The van der Waals surface area contributed by atoms with Gasteiger partial charge in [0.1, 0.15) is 30.3 Å². The lowest BCUT2D eigenvalue weighted by Crippen LogP contribution is -2.34. The summed E-state index contributed by atoms with van der Waals surface area (Å²) in [5.41, 5.74) is 0.0530. The van der Waals surface area contributed by atoms with E-state index in [1.807, 2.05) is 0 Å². The van der Waals surface area contributed by atoms with E-state index in [-0.39, 0.29) is 5.69 Å². The number of hydrogen-bond donors (Lipinski definition) is 4. The number of fused-ring (bicyclic) bond motifs is 1. The highest BCUT2D eigenvalue weighted by Crippen LogP contribution is 2.28. The Balaban J connectivity index is 2.01. The van der Waals surface area contributed by atoms with Crippen LogP contribution in [-0.4, -0.2) is 60.0 Å². The number of nitrogens with one attached hydrogen (secondary N) is 1. The van der Waals surface area contributed by atoms with Crippen LogP contribution in [0.15, 0.2) is 17.3 Å². The van der Waals surface area contributed by atoms with Crippen LogP contribution in [0.2, 0.25) is 0 Å². The number of ether oxygens (including phenoxy) is 1. The van der Waals surface area contributed by atoms with Gasteiger partial charge in [-0.15, -0.1) is 0 Å². The van der Waals surface area contributed by atoms with Gasteiger partial charge in [-0.1, -0.05) is 0 Å². The lowest BCUT2D eigenvalue weighted by Gasteiger charge is -2.18. The summed E-state index contributed by atoms with van der Waals surface area (Å²) in [6.45, 7) is -0.433. The van der Waals surface area contributed by atoms with E-state index in [0.29, 0.717) is 5.69 Å². The summed E-state index contributed by atoms with van der Waals surface area (Å²) in [6.07, 6.45) is -1.70. The van der Waals surface area contributed by atoms with E-state index in [1.165, 1.54) is 17.2 Å². The van der Waals surface area contributed by atoms with Gasteiger partial charge in [0.25, 0.3) is 5.56 Å². The summed E-state index contributed by atoms with van der Waals surface area (Å²) >= 11 is 0. The molecule has 19 heavy (non-hydrogen) atoms. The fourth-order valence-electron chi connectivity index (χ4n) is 2.13. The molecule has 3 heterocycles. The van der Waals surface area contributed by atoms with Gasteiger partial charge >= 0.3 is 0 Å². The number of aliphatic hydroxyl groups excluding tert-OH is 3. The minimum atomic E-state index is -1.27. The zero-order valence-corrected chi connectivity index (χ0v) is 9.67. The quantitative estimate of drug-likeness (QED) is 0.480. The highest BCUT2D eigenvalue weighted by molar-refractivity contribution is 5.51. The lowest BCUT2D eigenvalue weighted by molar-refractivity contribution is -0.0595. The monoisotopic (exact) mass is 268 g/mol. The average molecular weight is 268 g/mol. The van der Waals surface area contributed by atoms with Gasteiger partial charge < -0.3 is 20.1 Å². The van der Waals surface area contributed by atoms with Gasteiger partial charge in [-0.2, -0.15) is 0 Å². The lowest BCUT2D eigenvalue weighted by atomic mass is 10.1. The molecule has 9 nitrogen and oxygen atoms in total. The third-order valence-electron chi connectivity index (χ3n) is 3.12. The summed E-state index contributed by atoms with van der Waals surface area (Å²) in [5.74, 6) is 0. The van der Waals surface area contributed by atoms with Gasteiger partial charge in [0, 0.05) is 0 Å². The second-order valence-corrected chi connectivity index (χ2v) is 4.31. The van der Waals surface area contributed by atoms with Crippen molar-refractivity contribution in [2.24, 2.45) is 0 Å². The molecule has 0 spiro atoms. The molecule has 0 aromatic rings. The molecule has 0 amide bonds. The van der Waals surface area contributed by atoms with Crippen molar-refractivity contribution >= 4 is 0 Å². The van der Waals surface area contributed by atoms with Crippen molar-refractivity contribution in [1.82, 2.24) is 19.7 Å². The van der Waals surface area contributed by atoms with Crippen LogP contribution in [0, 0.1) is 0 Å². The van der Waals surface area contributed by atoms with E-state index < -0.39 is 36.7 Å². The molecule has 9 heteroatoms. The van der Waals surface area contributed by atoms with Crippen LogP contribution in [0.25, 0.3) is 11.4 Å². The van der Waals surface area contributed by atoms with Crippen LogP contribution in [0.4, 0.5) is 0 Å². The van der Waals surface area contributed by atoms with E-state index >= 15 is 0 Å². The first-order valence-electron chi connectivity index (χ1n) is 5.66. The largest absolute Gasteiger partial charge is 0.394 e. The Kier molecular flexibility index (Phi) is 2.82. The number of aromatic amines is 1. The number of nitrogens with zero attached hydrogens (tertiary/aromatic N) is 3. The molecule has 0 aromatic carbocycles. The van der Waals surface area contributed by atoms with Gasteiger partial charge in [0.15, 0.2) is 11.9 Å². The Morgan fingerprint density at radius 1 is 1.37 bits per heavy atom. The normalized spacial score (nSPS) is 31.1. The highest BCUT2D eigenvalue weighted by Gasteiger charge is 2.43. The summed E-state index contributed by atoms with van der Waals surface area (Å²) in [4.78, 5) is 19.4. The number of imidazole rings is 1. The summed E-state index contributed by atoms with van der Waals surface area (Å²) < 4.78 is 6.51. The molecular weight excluding hydrogens is 256 g/mol. The third-order valence-corrected chi connectivity index (χ3v) is 3.12. The van der Waals surface area contributed by atoms with E-state index in [9.17, 15) is 15.0 Å². The van der Waals surface area contributed by atoms with Gasteiger partial charge in [0.05, 0.1) is 12.8 Å². The predicted octanol–water partition coefficient (Wildman–Crippen LogP) is -2.32. The first-order valence-corrected chi connectivity index (χ1v) is 5.66. The van der Waals surface area contributed by atoms with Crippen LogP contribution < -0.4 is 5.56 Å². The van der Waals surface area contributed by atoms with Crippen molar-refractivity contribution in [3.05, 3.63) is 22.9 Å². The van der Waals surface area contributed by atoms with Gasteiger partial charge in [-0.05, 0) is 0 Å². The fraction of sp³-hybridized carbons (Fsp3) is 0.500. The molecule has 1 fully saturated rings. The average Bonchev–Trinajstić information content (AvgIpc) is 2.96. The Bertz CT molecular complexity index is 610. The Morgan fingerprint density at radius 2 is 2.16 bits per heavy atom. The zero-order valence-electron chi connectivity index (χ0n) is 9.67. The highest BCUT2D eigenvalue weighted by atomic mass is 16.6. The number of H-pyrrole nitrogens is 1. The molecule has 3 rings (SSSR count). The molecule has 0 aromatic heterocycles. The summed E-state index contributed by atoms with van der Waals surface area (Å²) in [7, 11) is 0. The van der Waals surface area contributed by atoms with Crippen LogP contribution in [-0.2, 0) is 4.74 Å². The summed E-state index contributed by atoms with van der Waals surface area (Å²) in [5, 5.41) is 31.0. The van der Waals surface area contributed by atoms with Crippen molar-refractivity contribution in [1.29, 1.82) is 0 Å². The van der Waals surface area contributed by atoms with Crippen LogP contribution in [0.5, 0.6) is 0 Å². The molecule has 3 aliphatic heterocycles. The Hall–Kier alpha value is -1.81. The van der Waals surface area contributed by atoms with Gasteiger partial charge in [-0.3, -0.25) is 14.6 Å². The molecule has 0 bridgehead atoms. The van der Waals surface area contributed by atoms with Crippen molar-refractivity contribution in [2.45, 2.75) is 24.5 Å². The minimum absolute atomic E-state index is 0.183. The maximum Gasteiger partial charge on any atom is 0.290 e. The summed E-state index contributed by atoms with van der Waals surface area (Å²) in [6, 6.07) is 0. The topological polar surface area (TPSA) is 133 Å². The minimum Gasteiger partial charge on any atom is -0.394 e. The molecule has 0 saturated carbocycles. The molecule has 3 aliphatic rings. The van der Waals surface area contributed by atoms with Crippen molar-refractivity contribution in [3.63, 3.8) is 0 Å². The standard InChI is InChI=1S/C10H12N4O5/c15-2-5-7(16)8(17)10(19-5)14-1-4-6(9(18)13-14)12-3-11-4/h1,3,5,7-8,10,15-17H,2H2,(H,13,18)/t5-,7-,8-,10-/m1/s1. The first-order chi connectivity index (χ1) is 9.11. The van der Waals surface area contributed by atoms with Crippen molar-refractivity contribution in [2.75, 3.05) is 6.61 Å². The first kappa shape index (κ1) is 12.2. The zero-order chi connectivity index (χ0) is 13.6. The van der Waals surface area contributed by atoms with Crippen LogP contribution in [0.1, 0.15) is 6.23 Å². The number of rotatable bonds is 2.